The molecule has 1 aromatic rings. The minimum absolute atomic E-state index is 0.0399. The van der Waals surface area contributed by atoms with Gasteiger partial charge in [-0.25, -0.2) is 17.5 Å². The van der Waals surface area contributed by atoms with Crippen LogP contribution in [0.3, 0.4) is 0 Å². The molecule has 20 heavy (non-hydrogen) atoms. The van der Waals surface area contributed by atoms with Gasteiger partial charge in [0.15, 0.2) is 0 Å². The first-order valence-corrected chi connectivity index (χ1v) is 8.03. The van der Waals surface area contributed by atoms with Crippen LogP contribution < -0.4 is 10.5 Å². The van der Waals surface area contributed by atoms with Crippen LogP contribution in [0.4, 0.5) is 10.1 Å². The molecule has 7 heteroatoms. The molecule has 2 rings (SSSR count). The average Bonchev–Trinajstić information content (AvgIpc) is 2.42. The van der Waals surface area contributed by atoms with Crippen molar-refractivity contribution in [2.24, 2.45) is 5.92 Å². The van der Waals surface area contributed by atoms with Gasteiger partial charge in [-0.2, -0.15) is 0 Å². The molecule has 1 fully saturated rings. The summed E-state index contributed by atoms with van der Waals surface area (Å²) < 4.78 is 45.6. The molecule has 0 amide bonds. The Morgan fingerprint density at radius 1 is 1.40 bits per heavy atom. The molecule has 0 radical (unpaired) electrons. The maximum atomic E-state index is 13.2. The number of nitrogens with two attached hydrogens (primary N) is 1. The number of halogens is 1. The minimum atomic E-state index is -3.82. The van der Waals surface area contributed by atoms with E-state index in [4.69, 9.17) is 10.5 Å². The van der Waals surface area contributed by atoms with Crippen LogP contribution >= 0.6 is 0 Å². The Bertz CT molecular complexity index is 571. The van der Waals surface area contributed by atoms with Crippen molar-refractivity contribution >= 4 is 15.7 Å². The molecule has 1 aromatic carbocycles. The third kappa shape index (κ3) is 3.47. The molecule has 3 N–H and O–H groups in total. The molecule has 1 unspecified atom stereocenters. The van der Waals surface area contributed by atoms with E-state index in [1.165, 1.54) is 6.07 Å². The number of benzene rings is 1. The zero-order valence-corrected chi connectivity index (χ0v) is 12.1. The van der Waals surface area contributed by atoms with Crippen LogP contribution in [0.5, 0.6) is 0 Å². The lowest BCUT2D eigenvalue weighted by Crippen LogP contribution is -2.40. The molecule has 5 nitrogen and oxygen atoms in total. The molecule has 1 aliphatic rings. The van der Waals surface area contributed by atoms with Gasteiger partial charge < -0.3 is 10.5 Å². The number of sulfonamides is 1. The van der Waals surface area contributed by atoms with Crippen molar-refractivity contribution in [3.63, 3.8) is 0 Å². The number of nitrogens with one attached hydrogen (secondary N) is 1. The summed E-state index contributed by atoms with van der Waals surface area (Å²) >= 11 is 0. The summed E-state index contributed by atoms with van der Waals surface area (Å²) in [6.45, 7) is 3.08. The molecule has 0 bridgehead atoms. The van der Waals surface area contributed by atoms with Crippen molar-refractivity contribution in [2.45, 2.75) is 30.7 Å². The normalized spacial score (nSPS) is 18.9. The Morgan fingerprint density at radius 3 is 2.70 bits per heavy atom. The van der Waals surface area contributed by atoms with Crippen LogP contribution in [0.25, 0.3) is 0 Å². The lowest BCUT2D eigenvalue weighted by molar-refractivity contribution is 0.0585. The third-order valence-corrected chi connectivity index (χ3v) is 5.19. The summed E-state index contributed by atoms with van der Waals surface area (Å²) in [5.41, 5.74) is 5.66. The van der Waals surface area contributed by atoms with E-state index in [-0.39, 0.29) is 22.5 Å². The van der Waals surface area contributed by atoms with Crippen LogP contribution in [0.2, 0.25) is 0 Å². The van der Waals surface area contributed by atoms with Gasteiger partial charge in [0.25, 0.3) is 0 Å². The van der Waals surface area contributed by atoms with E-state index in [0.29, 0.717) is 13.2 Å². The Labute approximate surface area is 118 Å². The zero-order valence-electron chi connectivity index (χ0n) is 11.3. The van der Waals surface area contributed by atoms with Crippen LogP contribution in [-0.2, 0) is 14.8 Å². The largest absolute Gasteiger partial charge is 0.398 e. The molecule has 0 aliphatic carbocycles. The first-order chi connectivity index (χ1) is 9.40. The standard InChI is InChI=1S/C13H19FN2O3S/c1-9(10-4-6-19-7-5-10)16-20(17,18)13-8-11(14)2-3-12(13)15/h2-3,8-10,16H,4-7,15H2,1H3. The fraction of sp³-hybridized carbons (Fsp3) is 0.538. The highest BCUT2D eigenvalue weighted by molar-refractivity contribution is 7.89. The SMILES string of the molecule is CC(NS(=O)(=O)c1cc(F)ccc1N)C1CCOCC1. The summed E-state index contributed by atoms with van der Waals surface area (Å²) in [6, 6.07) is 3.08. The lowest BCUT2D eigenvalue weighted by atomic mass is 9.94. The average molecular weight is 302 g/mol. The van der Waals surface area contributed by atoms with E-state index < -0.39 is 15.8 Å². The number of rotatable bonds is 4. The first-order valence-electron chi connectivity index (χ1n) is 6.55. The second-order valence-corrected chi connectivity index (χ2v) is 6.72. The highest BCUT2D eigenvalue weighted by atomic mass is 32.2. The molecule has 0 saturated carbocycles. The van der Waals surface area contributed by atoms with E-state index in [9.17, 15) is 12.8 Å². The van der Waals surface area contributed by atoms with E-state index in [0.717, 1.165) is 25.0 Å². The van der Waals surface area contributed by atoms with Gasteiger partial charge in [-0.15, -0.1) is 0 Å². The maximum absolute atomic E-state index is 13.2. The monoisotopic (exact) mass is 302 g/mol. The van der Waals surface area contributed by atoms with Crippen molar-refractivity contribution in [2.75, 3.05) is 18.9 Å². The lowest BCUT2D eigenvalue weighted by Gasteiger charge is -2.28. The Hall–Kier alpha value is -1.18. The number of anilines is 1. The predicted molar refractivity (Wildman–Crippen MR) is 74.1 cm³/mol. The van der Waals surface area contributed by atoms with Crippen molar-refractivity contribution < 1.29 is 17.5 Å². The number of hydrogen-bond donors (Lipinski definition) is 2. The molecule has 1 saturated heterocycles. The van der Waals surface area contributed by atoms with Crippen molar-refractivity contribution in [1.29, 1.82) is 0 Å². The summed E-state index contributed by atoms with van der Waals surface area (Å²) in [5.74, 6) is -0.411. The molecule has 112 valence electrons. The van der Waals surface area contributed by atoms with E-state index in [1.54, 1.807) is 0 Å². The highest BCUT2D eigenvalue weighted by Crippen LogP contribution is 2.23. The van der Waals surface area contributed by atoms with Crippen molar-refractivity contribution in [1.82, 2.24) is 4.72 Å². The van der Waals surface area contributed by atoms with Gasteiger partial charge in [-0.1, -0.05) is 0 Å². The molecule has 1 heterocycles. The van der Waals surface area contributed by atoms with Gasteiger partial charge >= 0.3 is 0 Å². The molecular weight excluding hydrogens is 283 g/mol. The smallest absolute Gasteiger partial charge is 0.242 e. The fourth-order valence-corrected chi connectivity index (χ4v) is 3.82. The second-order valence-electron chi connectivity index (χ2n) is 5.04. The fourth-order valence-electron chi connectivity index (χ4n) is 2.36. The quantitative estimate of drug-likeness (QED) is 0.826. The second kappa shape index (κ2) is 6.07. The van der Waals surface area contributed by atoms with E-state index in [2.05, 4.69) is 4.72 Å². The van der Waals surface area contributed by atoms with Crippen LogP contribution in [-0.4, -0.2) is 27.7 Å². The van der Waals surface area contributed by atoms with Gasteiger partial charge in [0, 0.05) is 19.3 Å². The summed E-state index contributed by atoms with van der Waals surface area (Å²) in [6.07, 6.45) is 1.62. The number of hydrogen-bond acceptors (Lipinski definition) is 4. The van der Waals surface area contributed by atoms with Crippen molar-refractivity contribution in [3.05, 3.63) is 24.0 Å². The maximum Gasteiger partial charge on any atom is 0.242 e. The zero-order chi connectivity index (χ0) is 14.8. The predicted octanol–water partition coefficient (Wildman–Crippen LogP) is 1.50. The van der Waals surface area contributed by atoms with E-state index >= 15 is 0 Å². The Kier molecular flexibility index (Phi) is 4.62. The molecule has 1 aliphatic heterocycles. The first kappa shape index (κ1) is 15.2. The van der Waals surface area contributed by atoms with Gasteiger partial charge in [0.1, 0.15) is 10.7 Å². The van der Waals surface area contributed by atoms with Gasteiger partial charge in [0.2, 0.25) is 10.0 Å². The molecule has 0 aromatic heterocycles. The van der Waals surface area contributed by atoms with Crippen LogP contribution in [0.15, 0.2) is 23.1 Å². The Morgan fingerprint density at radius 2 is 2.05 bits per heavy atom. The molecule has 1 atom stereocenters. The highest BCUT2D eigenvalue weighted by Gasteiger charge is 2.26. The third-order valence-electron chi connectivity index (χ3n) is 3.58. The van der Waals surface area contributed by atoms with Gasteiger partial charge in [-0.3, -0.25) is 0 Å². The minimum Gasteiger partial charge on any atom is -0.398 e. The topological polar surface area (TPSA) is 81.4 Å². The number of ether oxygens (including phenoxy) is 1. The Balaban J connectivity index is 2.16. The van der Waals surface area contributed by atoms with Crippen LogP contribution in [0, 0.1) is 11.7 Å². The number of nitrogen functional groups attached to an aromatic ring is 1. The molecule has 0 spiro atoms. The molecular formula is C13H19FN2O3S. The summed E-state index contributed by atoms with van der Waals surface area (Å²) in [7, 11) is -3.82. The van der Waals surface area contributed by atoms with E-state index in [1.807, 2.05) is 6.92 Å². The summed E-state index contributed by atoms with van der Waals surface area (Å²) in [5, 5.41) is 0. The van der Waals surface area contributed by atoms with Gasteiger partial charge in [0.05, 0.1) is 5.69 Å². The van der Waals surface area contributed by atoms with Crippen LogP contribution in [0.1, 0.15) is 19.8 Å². The summed E-state index contributed by atoms with van der Waals surface area (Å²) in [4.78, 5) is -0.212. The van der Waals surface area contributed by atoms with Crippen molar-refractivity contribution in [3.8, 4) is 0 Å². The van der Waals surface area contributed by atoms with Gasteiger partial charge in [-0.05, 0) is 43.9 Å².